The van der Waals surface area contributed by atoms with Gasteiger partial charge in [-0.2, -0.15) is 0 Å². The zero-order valence-corrected chi connectivity index (χ0v) is 40.9. The molecule has 0 radical (unpaired) electrons. The van der Waals surface area contributed by atoms with Crippen LogP contribution in [0.25, 0.3) is 0 Å². The molecule has 35 unspecified atom stereocenters. The molecule has 0 amide bonds. The molecule has 19 heterocycles. The SMILES string of the molecule is OCC1CC2OC3C(CO)OC(OC4C(CO)OC(OC5C(CO)OC(OC6C(CO)OC(OC7C(CO)CC(OC8C(CO)OC(OC1C(O)C2O)C(O)C8O)C(O)C7O)C(O)C6O)C(O)C5O)C(O)C4O)C(O)C3O. The number of aliphatic hydroxyl groups excluding tert-OH is 21. The Labute approximate surface area is 436 Å². The molecule has 0 spiro atoms. The molecule has 21 N–H and O–H groups in total. The largest absolute Gasteiger partial charge is 0.396 e. The molecule has 33 nitrogen and oxygen atoms in total. The van der Waals surface area contributed by atoms with Crippen molar-refractivity contribution in [2.45, 2.75) is 215 Å². The van der Waals surface area contributed by atoms with Crippen LogP contribution in [0.4, 0.5) is 0 Å². The van der Waals surface area contributed by atoms with E-state index in [4.69, 9.17) is 56.8 Å². The molecule has 77 heavy (non-hydrogen) atoms. The summed E-state index contributed by atoms with van der Waals surface area (Å²) in [5.74, 6) is -2.42. The lowest BCUT2D eigenvalue weighted by Gasteiger charge is -2.50. The van der Waals surface area contributed by atoms with Crippen molar-refractivity contribution in [1.82, 2.24) is 0 Å². The summed E-state index contributed by atoms with van der Waals surface area (Å²) in [6.45, 7) is -6.62. The van der Waals surface area contributed by atoms with Crippen molar-refractivity contribution in [1.29, 1.82) is 0 Å². The highest BCUT2D eigenvalue weighted by molar-refractivity contribution is 5.03. The number of aliphatic hydroxyl groups is 21. The zero-order chi connectivity index (χ0) is 56.1. The third kappa shape index (κ3) is 12.1. The number of hydrogen-bond acceptors (Lipinski definition) is 33. The van der Waals surface area contributed by atoms with Gasteiger partial charge in [-0.15, -0.1) is 0 Å². The van der Waals surface area contributed by atoms with Gasteiger partial charge in [0.2, 0.25) is 0 Å². The molecular formula is C44H74O33. The summed E-state index contributed by atoms with van der Waals surface area (Å²) >= 11 is 0. The molecular weight excluding hydrogens is 1060 g/mol. The summed E-state index contributed by atoms with van der Waals surface area (Å²) in [6.07, 6.45) is -63.7. The maximum Gasteiger partial charge on any atom is 0.187 e. The minimum atomic E-state index is -2.18. The minimum Gasteiger partial charge on any atom is -0.396 e. The van der Waals surface area contributed by atoms with Crippen LogP contribution >= 0.6 is 0 Å². The van der Waals surface area contributed by atoms with Crippen molar-refractivity contribution in [2.75, 3.05) is 46.2 Å². The van der Waals surface area contributed by atoms with E-state index >= 15 is 0 Å². The summed E-state index contributed by atoms with van der Waals surface area (Å²) in [6, 6.07) is 0. The van der Waals surface area contributed by atoms with Crippen molar-refractivity contribution in [3.8, 4) is 0 Å². The van der Waals surface area contributed by atoms with E-state index in [0.29, 0.717) is 0 Å². The van der Waals surface area contributed by atoms with E-state index in [2.05, 4.69) is 0 Å². The molecule has 19 aliphatic heterocycles. The molecule has 0 aromatic heterocycles. The Morgan fingerprint density at radius 3 is 0.610 bits per heavy atom. The monoisotopic (exact) mass is 1130 g/mol. The van der Waals surface area contributed by atoms with Crippen LogP contribution in [0.5, 0.6) is 0 Å². The van der Waals surface area contributed by atoms with Crippen molar-refractivity contribution < 1.29 is 164 Å². The topological polar surface area (TPSA) is 536 Å². The van der Waals surface area contributed by atoms with Crippen LogP contribution in [0.15, 0.2) is 0 Å². The summed E-state index contributed by atoms with van der Waals surface area (Å²) in [5, 5.41) is 232. The Morgan fingerprint density at radius 2 is 0.403 bits per heavy atom. The molecule has 2 saturated carbocycles. The average Bonchev–Trinajstić information content (AvgIpc) is 3.47. The summed E-state index contributed by atoms with van der Waals surface area (Å²) in [4.78, 5) is 0. The number of ether oxygens (including phenoxy) is 12. The van der Waals surface area contributed by atoms with Gasteiger partial charge in [0.05, 0.1) is 57.5 Å². The van der Waals surface area contributed by atoms with E-state index in [0.717, 1.165) is 0 Å². The molecule has 33 heteroatoms. The van der Waals surface area contributed by atoms with Gasteiger partial charge in [0.1, 0.15) is 146 Å². The van der Waals surface area contributed by atoms with E-state index in [1.807, 2.05) is 0 Å². The first kappa shape index (κ1) is 61.7. The maximum absolute atomic E-state index is 11.4. The Bertz CT molecular complexity index is 1470. The fourth-order valence-electron chi connectivity index (χ4n) is 11.4. The van der Waals surface area contributed by atoms with E-state index in [1.54, 1.807) is 0 Å². The average molecular weight is 1130 g/mol. The third-order valence-corrected chi connectivity index (χ3v) is 15.8. The van der Waals surface area contributed by atoms with E-state index in [9.17, 15) is 107 Å². The van der Waals surface area contributed by atoms with E-state index in [1.165, 1.54) is 0 Å². The Balaban J connectivity index is 1.08. The third-order valence-electron chi connectivity index (χ3n) is 15.8. The predicted molar refractivity (Wildman–Crippen MR) is 235 cm³/mol. The number of hydrogen-bond donors (Lipinski definition) is 21. The molecule has 14 bridgehead atoms. The number of rotatable bonds is 7. The van der Waals surface area contributed by atoms with Gasteiger partial charge < -0.3 is 164 Å². The van der Waals surface area contributed by atoms with Gasteiger partial charge in [0.15, 0.2) is 31.5 Å². The second kappa shape index (κ2) is 26.1. The molecule has 21 aliphatic rings. The van der Waals surface area contributed by atoms with Crippen LogP contribution in [0.3, 0.4) is 0 Å². The molecule has 0 aromatic carbocycles. The van der Waals surface area contributed by atoms with Gasteiger partial charge in [-0.1, -0.05) is 0 Å². The van der Waals surface area contributed by atoms with Gasteiger partial charge in [-0.3, -0.25) is 0 Å². The summed E-state index contributed by atoms with van der Waals surface area (Å²) < 4.78 is 69.3. The van der Waals surface area contributed by atoms with Gasteiger partial charge in [-0.25, -0.2) is 0 Å². The Morgan fingerprint density at radius 1 is 0.208 bits per heavy atom. The smallest absolute Gasteiger partial charge is 0.187 e. The first-order valence-electron chi connectivity index (χ1n) is 25.3. The Kier molecular flexibility index (Phi) is 20.9. The van der Waals surface area contributed by atoms with Gasteiger partial charge in [0, 0.05) is 25.0 Å². The van der Waals surface area contributed by atoms with Crippen molar-refractivity contribution in [3.05, 3.63) is 0 Å². The predicted octanol–water partition coefficient (Wildman–Crippen LogP) is -13.9. The van der Waals surface area contributed by atoms with Crippen LogP contribution in [-0.4, -0.2) is 356 Å². The molecule has 2 aliphatic carbocycles. The second-order valence-electron chi connectivity index (χ2n) is 20.6. The molecule has 0 aromatic rings. The highest BCUT2D eigenvalue weighted by Gasteiger charge is 2.59. The van der Waals surface area contributed by atoms with Crippen LogP contribution in [-0.2, 0) is 56.8 Å². The van der Waals surface area contributed by atoms with Crippen molar-refractivity contribution >= 4 is 0 Å². The van der Waals surface area contributed by atoms with Crippen LogP contribution < -0.4 is 0 Å². The van der Waals surface area contributed by atoms with Gasteiger partial charge >= 0.3 is 0 Å². The molecule has 19 saturated heterocycles. The lowest BCUT2D eigenvalue weighted by molar-refractivity contribution is -0.391. The summed E-state index contributed by atoms with van der Waals surface area (Å²) in [5.41, 5.74) is 0. The fraction of sp³-hybridized carbons (Fsp3) is 1.00. The first-order valence-corrected chi connectivity index (χ1v) is 25.3. The van der Waals surface area contributed by atoms with Crippen molar-refractivity contribution in [2.24, 2.45) is 11.8 Å². The fourth-order valence-corrected chi connectivity index (χ4v) is 11.4. The van der Waals surface area contributed by atoms with Gasteiger partial charge in [0.25, 0.3) is 0 Å². The quantitative estimate of drug-likeness (QED) is 0.113. The minimum absolute atomic E-state index is 0.411. The normalized spacial score (nSPS) is 55.4. The van der Waals surface area contributed by atoms with Crippen molar-refractivity contribution in [3.63, 3.8) is 0 Å². The van der Waals surface area contributed by atoms with Crippen LogP contribution in [0.2, 0.25) is 0 Å². The second-order valence-corrected chi connectivity index (χ2v) is 20.6. The van der Waals surface area contributed by atoms with E-state index in [-0.39, 0.29) is 0 Å². The van der Waals surface area contributed by atoms with Crippen LogP contribution in [0.1, 0.15) is 12.8 Å². The lowest BCUT2D eigenvalue weighted by atomic mass is 9.80. The van der Waals surface area contributed by atoms with E-state index < -0.39 is 273 Å². The van der Waals surface area contributed by atoms with Gasteiger partial charge in [-0.05, 0) is 12.8 Å². The zero-order valence-electron chi connectivity index (χ0n) is 40.9. The molecule has 21 fully saturated rings. The summed E-state index contributed by atoms with van der Waals surface area (Å²) in [7, 11) is 0. The first-order chi connectivity index (χ1) is 36.7. The maximum atomic E-state index is 11.4. The van der Waals surface area contributed by atoms with Crippen LogP contribution in [0, 0.1) is 11.8 Å². The standard InChI is InChI=1S/C44H74O33/c45-3-10-1-13-20(53)21(54)33(10)73-40-28(61)23(56)35(14(5-47)68-40)66-12-2-11(4-46)34(22(55)19(12)52)74-41-30(63)25(58)37(16(7-49)70-41)76-43-32(65)27(60)39(18(9-51)72-43)77-44-31(64)26(59)38(17(8-50)71-44)75-42-29(62)24(57)36(67-13)15(6-48)69-42/h10-65H,1-9H2. The molecule has 21 rings (SSSR count). The molecule has 35 atom stereocenters. The highest BCUT2D eigenvalue weighted by Crippen LogP contribution is 2.40. The lowest BCUT2D eigenvalue weighted by Crippen LogP contribution is -2.68. The molecule has 448 valence electrons. The Hall–Kier alpha value is -1.32. The highest BCUT2D eigenvalue weighted by atomic mass is 16.8.